The van der Waals surface area contributed by atoms with Crippen LogP contribution in [0.1, 0.15) is 28.4 Å². The zero-order valence-corrected chi connectivity index (χ0v) is 17.2. The Kier molecular flexibility index (Phi) is 5.04. The lowest BCUT2D eigenvalue weighted by molar-refractivity contribution is 0.0992. The highest BCUT2D eigenvalue weighted by molar-refractivity contribution is 6.01. The molecule has 2 heterocycles. The predicted molar refractivity (Wildman–Crippen MR) is 117 cm³/mol. The van der Waals surface area contributed by atoms with Crippen LogP contribution in [0.5, 0.6) is 11.5 Å². The van der Waals surface area contributed by atoms with Crippen molar-refractivity contribution in [2.45, 2.75) is 20.0 Å². The van der Waals surface area contributed by atoms with Crippen LogP contribution in [0.15, 0.2) is 71.7 Å². The molecular formula is C25H22N2O4. The van der Waals surface area contributed by atoms with E-state index in [9.17, 15) is 4.79 Å². The molecule has 0 aromatic heterocycles. The van der Waals surface area contributed by atoms with Crippen molar-refractivity contribution in [1.29, 1.82) is 0 Å². The van der Waals surface area contributed by atoms with Crippen LogP contribution in [0.3, 0.4) is 0 Å². The first-order valence-electron chi connectivity index (χ1n) is 10.3. The Labute approximate surface area is 180 Å². The van der Waals surface area contributed by atoms with Crippen LogP contribution in [-0.2, 0) is 17.8 Å². The molecule has 0 radical (unpaired) electrons. The van der Waals surface area contributed by atoms with Gasteiger partial charge in [-0.2, -0.15) is 4.99 Å². The fourth-order valence-corrected chi connectivity index (χ4v) is 3.95. The summed E-state index contributed by atoms with van der Waals surface area (Å²) in [6.45, 7) is 3.65. The number of nitrogens with zero attached hydrogens (tertiary/aromatic N) is 2. The lowest BCUT2D eigenvalue weighted by atomic mass is 9.97. The molecule has 3 aromatic carbocycles. The first kappa shape index (κ1) is 19.2. The number of amidine groups is 1. The van der Waals surface area contributed by atoms with Crippen LogP contribution in [-0.4, -0.2) is 30.2 Å². The molecular weight excluding hydrogens is 392 g/mol. The Hall–Kier alpha value is -3.80. The molecule has 0 unspecified atom stereocenters. The Morgan fingerprint density at radius 1 is 0.935 bits per heavy atom. The van der Waals surface area contributed by atoms with Gasteiger partial charge in [-0.3, -0.25) is 4.79 Å². The van der Waals surface area contributed by atoms with Crippen molar-refractivity contribution in [3.05, 3.63) is 83.4 Å². The number of carbonyl (C=O) groups is 1. The fourth-order valence-electron chi connectivity index (χ4n) is 3.95. The van der Waals surface area contributed by atoms with Gasteiger partial charge in [0, 0.05) is 18.7 Å². The van der Waals surface area contributed by atoms with Crippen LogP contribution in [0.2, 0.25) is 0 Å². The highest BCUT2D eigenvalue weighted by Crippen LogP contribution is 2.34. The summed E-state index contributed by atoms with van der Waals surface area (Å²) in [5.74, 6) is 0.801. The molecule has 1 amide bonds. The number of amides is 1. The molecule has 0 aliphatic carbocycles. The van der Waals surface area contributed by atoms with Crippen LogP contribution in [0.4, 0.5) is 0 Å². The molecule has 0 saturated carbocycles. The van der Waals surface area contributed by atoms with Gasteiger partial charge < -0.3 is 19.1 Å². The molecule has 0 spiro atoms. The van der Waals surface area contributed by atoms with E-state index in [4.69, 9.17) is 14.2 Å². The summed E-state index contributed by atoms with van der Waals surface area (Å²) in [5, 5.41) is 0. The van der Waals surface area contributed by atoms with Crippen LogP contribution in [0.25, 0.3) is 11.1 Å². The number of hydrogen-bond donors (Lipinski definition) is 0. The van der Waals surface area contributed by atoms with E-state index in [2.05, 4.69) is 29.3 Å². The summed E-state index contributed by atoms with van der Waals surface area (Å²) in [6, 6.07) is 22.0. The number of aliphatic imine (C=N–C) groups is 1. The zero-order valence-electron chi connectivity index (χ0n) is 17.2. The minimum absolute atomic E-state index is 0.160. The molecule has 3 aromatic rings. The molecule has 2 aliphatic heterocycles. The van der Waals surface area contributed by atoms with E-state index in [1.165, 1.54) is 11.1 Å². The van der Waals surface area contributed by atoms with Crippen LogP contribution < -0.4 is 9.47 Å². The monoisotopic (exact) mass is 414 g/mol. The lowest BCUT2D eigenvalue weighted by Gasteiger charge is -2.24. The van der Waals surface area contributed by atoms with E-state index in [-0.39, 0.29) is 12.7 Å². The number of rotatable bonds is 2. The molecule has 0 atom stereocenters. The number of hydrogen-bond acceptors (Lipinski definition) is 4. The minimum Gasteiger partial charge on any atom is -0.465 e. The fraction of sp³-hybridized carbons (Fsp3) is 0.200. The quantitative estimate of drug-likeness (QED) is 0.452. The van der Waals surface area contributed by atoms with Gasteiger partial charge in [0.2, 0.25) is 6.79 Å². The maximum atomic E-state index is 13.0. The Bertz CT molecular complexity index is 1120. The van der Waals surface area contributed by atoms with Gasteiger partial charge >= 0.3 is 0 Å². The lowest BCUT2D eigenvalue weighted by Crippen LogP contribution is -2.32. The molecule has 6 heteroatoms. The number of carbonyl (C=O) groups excluding carboxylic acids is 1. The maximum Gasteiger partial charge on any atom is 0.296 e. The van der Waals surface area contributed by atoms with E-state index in [1.807, 2.05) is 36.1 Å². The SMILES string of the molecule is CCOC(=NC(=O)c1ccc2c(c1)OCO2)N1Cc2ccccc2-c2ccccc2C1. The van der Waals surface area contributed by atoms with Gasteiger partial charge in [0.05, 0.1) is 6.61 Å². The summed E-state index contributed by atoms with van der Waals surface area (Å²) in [5.41, 5.74) is 5.14. The summed E-state index contributed by atoms with van der Waals surface area (Å²) in [4.78, 5) is 19.3. The van der Waals surface area contributed by atoms with E-state index in [1.54, 1.807) is 18.2 Å². The smallest absolute Gasteiger partial charge is 0.296 e. The second kappa shape index (κ2) is 8.14. The Morgan fingerprint density at radius 2 is 1.58 bits per heavy atom. The summed E-state index contributed by atoms with van der Waals surface area (Å²) in [7, 11) is 0. The van der Waals surface area contributed by atoms with Crippen molar-refractivity contribution >= 4 is 11.9 Å². The molecule has 0 saturated heterocycles. The average Bonchev–Trinajstić information content (AvgIpc) is 3.20. The molecule has 156 valence electrons. The standard InChI is InChI=1S/C25H22N2O4/c1-2-29-25(26-24(28)17-11-12-22-23(13-17)31-16-30-22)27-14-18-7-3-5-9-20(18)21-10-6-4-8-19(21)15-27/h3-13H,2,14-16H2,1H3. The van der Waals surface area contributed by atoms with Crippen molar-refractivity contribution in [2.75, 3.05) is 13.4 Å². The highest BCUT2D eigenvalue weighted by atomic mass is 16.7. The zero-order chi connectivity index (χ0) is 21.2. The van der Waals surface area contributed by atoms with Gasteiger partial charge in [0.15, 0.2) is 11.5 Å². The van der Waals surface area contributed by atoms with Gasteiger partial charge in [-0.1, -0.05) is 48.5 Å². The van der Waals surface area contributed by atoms with Crippen molar-refractivity contribution in [1.82, 2.24) is 4.90 Å². The van der Waals surface area contributed by atoms with Gasteiger partial charge in [0.25, 0.3) is 11.9 Å². The molecule has 6 nitrogen and oxygen atoms in total. The first-order valence-corrected chi connectivity index (χ1v) is 10.3. The van der Waals surface area contributed by atoms with Gasteiger partial charge in [0.1, 0.15) is 0 Å². The third-order valence-corrected chi connectivity index (χ3v) is 5.41. The van der Waals surface area contributed by atoms with Crippen LogP contribution in [0, 0.1) is 0 Å². The third kappa shape index (κ3) is 3.72. The Morgan fingerprint density at radius 3 is 2.26 bits per heavy atom. The molecule has 2 aliphatic rings. The van der Waals surface area contributed by atoms with Crippen molar-refractivity contribution < 1.29 is 19.0 Å². The summed E-state index contributed by atoms with van der Waals surface area (Å²) < 4.78 is 16.6. The molecule has 5 rings (SSSR count). The summed E-state index contributed by atoms with van der Waals surface area (Å²) >= 11 is 0. The minimum atomic E-state index is -0.382. The van der Waals surface area contributed by atoms with Gasteiger partial charge in [-0.25, -0.2) is 0 Å². The molecule has 31 heavy (non-hydrogen) atoms. The highest BCUT2D eigenvalue weighted by Gasteiger charge is 2.24. The van der Waals surface area contributed by atoms with E-state index in [0.29, 0.717) is 42.8 Å². The number of ether oxygens (including phenoxy) is 3. The van der Waals surface area contributed by atoms with E-state index < -0.39 is 0 Å². The van der Waals surface area contributed by atoms with Crippen molar-refractivity contribution in [3.8, 4) is 22.6 Å². The largest absolute Gasteiger partial charge is 0.465 e. The second-order valence-electron chi connectivity index (χ2n) is 7.37. The maximum absolute atomic E-state index is 13.0. The topological polar surface area (TPSA) is 60.4 Å². The molecule has 0 fully saturated rings. The first-order chi connectivity index (χ1) is 15.2. The van der Waals surface area contributed by atoms with Crippen LogP contribution >= 0.6 is 0 Å². The normalized spacial score (nSPS) is 14.5. The molecule has 0 bridgehead atoms. The van der Waals surface area contributed by atoms with Crippen molar-refractivity contribution in [2.24, 2.45) is 4.99 Å². The van der Waals surface area contributed by atoms with Gasteiger partial charge in [-0.15, -0.1) is 0 Å². The van der Waals surface area contributed by atoms with E-state index >= 15 is 0 Å². The summed E-state index contributed by atoms with van der Waals surface area (Å²) in [6.07, 6.45) is 0. The molecule has 0 N–H and O–H groups in total. The van der Waals surface area contributed by atoms with Crippen molar-refractivity contribution in [3.63, 3.8) is 0 Å². The number of benzene rings is 3. The number of fused-ring (bicyclic) bond motifs is 4. The Balaban J connectivity index is 1.51. The predicted octanol–water partition coefficient (Wildman–Crippen LogP) is 4.63. The average molecular weight is 414 g/mol. The second-order valence-corrected chi connectivity index (χ2v) is 7.37. The third-order valence-electron chi connectivity index (χ3n) is 5.41. The van der Waals surface area contributed by atoms with E-state index in [0.717, 1.165) is 11.1 Å². The van der Waals surface area contributed by atoms with Gasteiger partial charge in [-0.05, 0) is 47.4 Å².